The summed E-state index contributed by atoms with van der Waals surface area (Å²) in [6.45, 7) is 10.3. The molecule has 1 saturated carbocycles. The molecule has 0 atom stereocenters. The van der Waals surface area contributed by atoms with E-state index in [0.717, 1.165) is 30.8 Å². The Bertz CT molecular complexity index is 315. The predicted molar refractivity (Wildman–Crippen MR) is 90.5 cm³/mol. The molecule has 1 aliphatic heterocycles. The van der Waals surface area contributed by atoms with E-state index in [-0.39, 0.29) is 0 Å². The Hall–Kier alpha value is -0.770. The Balaban J connectivity index is 1.55. The molecule has 1 saturated heterocycles. The summed E-state index contributed by atoms with van der Waals surface area (Å²) < 4.78 is 0. The van der Waals surface area contributed by atoms with Crippen molar-refractivity contribution in [3.05, 3.63) is 0 Å². The summed E-state index contributed by atoms with van der Waals surface area (Å²) in [5, 5.41) is 3.33. The molecule has 0 bridgehead atoms. The van der Waals surface area contributed by atoms with Crippen molar-refractivity contribution in [1.29, 1.82) is 0 Å². The van der Waals surface area contributed by atoms with E-state index >= 15 is 0 Å². The molecule has 0 amide bonds. The topological polar surface area (TPSA) is 53.6 Å². The average molecular weight is 294 g/mol. The lowest BCUT2D eigenvalue weighted by Gasteiger charge is -2.32. The highest BCUT2D eigenvalue weighted by Gasteiger charge is 2.19. The van der Waals surface area contributed by atoms with Gasteiger partial charge in [0, 0.05) is 13.1 Å². The van der Waals surface area contributed by atoms with Crippen molar-refractivity contribution >= 4 is 5.96 Å². The van der Waals surface area contributed by atoms with Crippen LogP contribution in [0, 0.1) is 17.8 Å². The fraction of sp³-hybridized carbons (Fsp3) is 0.941. The highest BCUT2D eigenvalue weighted by atomic mass is 15.1. The number of aliphatic imine (C=N–C) groups is 1. The monoisotopic (exact) mass is 294 g/mol. The number of nitrogens with one attached hydrogen (secondary N) is 1. The van der Waals surface area contributed by atoms with Crippen LogP contribution in [0.15, 0.2) is 4.99 Å². The molecule has 0 aromatic rings. The third kappa shape index (κ3) is 6.25. The van der Waals surface area contributed by atoms with Gasteiger partial charge in [-0.25, -0.2) is 0 Å². The van der Waals surface area contributed by atoms with Crippen molar-refractivity contribution in [3.8, 4) is 0 Å². The minimum Gasteiger partial charge on any atom is -0.370 e. The number of likely N-dealkylation sites (tertiary alicyclic amines) is 1. The summed E-state index contributed by atoms with van der Waals surface area (Å²) in [6, 6.07) is 0. The van der Waals surface area contributed by atoms with Gasteiger partial charge < -0.3 is 16.0 Å². The second kappa shape index (κ2) is 8.62. The first-order valence-electron chi connectivity index (χ1n) is 8.89. The molecule has 1 heterocycles. The zero-order valence-corrected chi connectivity index (χ0v) is 14.0. The summed E-state index contributed by atoms with van der Waals surface area (Å²) >= 11 is 0. The van der Waals surface area contributed by atoms with Gasteiger partial charge in [0.25, 0.3) is 0 Å². The number of hydrogen-bond donors (Lipinski definition) is 2. The Kier molecular flexibility index (Phi) is 6.81. The van der Waals surface area contributed by atoms with E-state index in [1.807, 2.05) is 0 Å². The van der Waals surface area contributed by atoms with Gasteiger partial charge in [-0.15, -0.1) is 0 Å². The first-order valence-corrected chi connectivity index (χ1v) is 8.89. The number of guanidine groups is 1. The van der Waals surface area contributed by atoms with Gasteiger partial charge in [0.2, 0.25) is 0 Å². The van der Waals surface area contributed by atoms with E-state index in [0.29, 0.717) is 5.96 Å². The fourth-order valence-corrected chi connectivity index (χ4v) is 3.06. The quantitative estimate of drug-likeness (QED) is 0.560. The Morgan fingerprint density at radius 2 is 1.90 bits per heavy atom. The number of rotatable bonds is 7. The van der Waals surface area contributed by atoms with E-state index in [2.05, 4.69) is 29.1 Å². The normalized spacial score (nSPS) is 22.5. The molecule has 2 aliphatic rings. The molecule has 0 radical (unpaired) electrons. The summed E-state index contributed by atoms with van der Waals surface area (Å²) in [7, 11) is 0. The van der Waals surface area contributed by atoms with Gasteiger partial charge in [-0.3, -0.25) is 4.99 Å². The van der Waals surface area contributed by atoms with Crippen LogP contribution >= 0.6 is 0 Å². The first kappa shape index (κ1) is 16.6. The van der Waals surface area contributed by atoms with Crippen LogP contribution in [0.5, 0.6) is 0 Å². The molecular formula is C17H34N4. The van der Waals surface area contributed by atoms with Crippen molar-refractivity contribution < 1.29 is 0 Å². The van der Waals surface area contributed by atoms with Crippen LogP contribution in [0.4, 0.5) is 0 Å². The maximum absolute atomic E-state index is 5.95. The second-order valence-electron chi connectivity index (χ2n) is 7.37. The van der Waals surface area contributed by atoms with Crippen molar-refractivity contribution in [2.75, 3.05) is 32.7 Å². The third-order valence-corrected chi connectivity index (χ3v) is 5.05. The van der Waals surface area contributed by atoms with Crippen LogP contribution in [-0.2, 0) is 0 Å². The molecule has 2 fully saturated rings. The van der Waals surface area contributed by atoms with E-state index < -0.39 is 0 Å². The van der Waals surface area contributed by atoms with E-state index in [9.17, 15) is 0 Å². The minimum absolute atomic E-state index is 0.657. The van der Waals surface area contributed by atoms with Crippen LogP contribution in [0.2, 0.25) is 0 Å². The van der Waals surface area contributed by atoms with Gasteiger partial charge in [0.1, 0.15) is 0 Å². The lowest BCUT2D eigenvalue weighted by molar-refractivity contribution is 0.177. The average Bonchev–Trinajstić information content (AvgIpc) is 2.42. The maximum Gasteiger partial charge on any atom is 0.188 e. The van der Waals surface area contributed by atoms with E-state index in [1.54, 1.807) is 0 Å². The van der Waals surface area contributed by atoms with Crippen molar-refractivity contribution in [1.82, 2.24) is 10.2 Å². The molecule has 122 valence electrons. The van der Waals surface area contributed by atoms with Gasteiger partial charge >= 0.3 is 0 Å². The first-order chi connectivity index (χ1) is 10.1. The molecule has 4 heteroatoms. The van der Waals surface area contributed by atoms with Crippen LogP contribution in [-0.4, -0.2) is 43.6 Å². The summed E-state index contributed by atoms with van der Waals surface area (Å²) in [5.41, 5.74) is 5.95. The molecule has 0 spiro atoms. The predicted octanol–water partition coefficient (Wildman–Crippen LogP) is 2.45. The van der Waals surface area contributed by atoms with Gasteiger partial charge in [0.05, 0.1) is 0 Å². The van der Waals surface area contributed by atoms with Crippen molar-refractivity contribution in [2.45, 2.75) is 52.4 Å². The molecule has 1 aliphatic carbocycles. The summed E-state index contributed by atoms with van der Waals surface area (Å²) in [4.78, 5) is 7.08. The molecular weight excluding hydrogens is 260 g/mol. The van der Waals surface area contributed by atoms with Gasteiger partial charge in [0.15, 0.2) is 5.96 Å². The van der Waals surface area contributed by atoms with Crippen LogP contribution in [0.3, 0.4) is 0 Å². The number of piperidine rings is 1. The Labute approximate surface area is 130 Å². The number of nitrogens with zero attached hydrogens (tertiary/aromatic N) is 2. The lowest BCUT2D eigenvalue weighted by Crippen LogP contribution is -2.41. The van der Waals surface area contributed by atoms with Gasteiger partial charge in [-0.05, 0) is 69.5 Å². The molecule has 4 nitrogen and oxygen atoms in total. The highest BCUT2D eigenvalue weighted by Crippen LogP contribution is 2.26. The molecule has 0 aromatic carbocycles. The van der Waals surface area contributed by atoms with Gasteiger partial charge in [-0.2, -0.15) is 0 Å². The van der Waals surface area contributed by atoms with Crippen molar-refractivity contribution in [3.63, 3.8) is 0 Å². The minimum atomic E-state index is 0.657. The fourth-order valence-electron chi connectivity index (χ4n) is 3.06. The highest BCUT2D eigenvalue weighted by molar-refractivity contribution is 5.77. The maximum atomic E-state index is 5.95. The SMILES string of the molecule is CC(C)CCN1CCC(CNC(N)=NCC2CCC2)CC1. The largest absolute Gasteiger partial charge is 0.370 e. The van der Waals surface area contributed by atoms with Crippen LogP contribution in [0.25, 0.3) is 0 Å². The lowest BCUT2D eigenvalue weighted by atomic mass is 9.86. The molecule has 3 N–H and O–H groups in total. The van der Waals surface area contributed by atoms with Crippen LogP contribution < -0.4 is 11.1 Å². The zero-order chi connectivity index (χ0) is 15.1. The standard InChI is InChI=1S/C17H34N4/c1-14(2)6-9-21-10-7-16(8-11-21)13-20-17(18)19-12-15-4-3-5-15/h14-16H,3-13H2,1-2H3,(H3,18,19,20). The summed E-state index contributed by atoms with van der Waals surface area (Å²) in [6.07, 6.45) is 7.96. The molecule has 0 aromatic heterocycles. The van der Waals surface area contributed by atoms with Gasteiger partial charge in [-0.1, -0.05) is 20.3 Å². The smallest absolute Gasteiger partial charge is 0.188 e. The zero-order valence-electron chi connectivity index (χ0n) is 14.0. The summed E-state index contributed by atoms with van der Waals surface area (Å²) in [5.74, 6) is 3.03. The van der Waals surface area contributed by atoms with E-state index in [1.165, 1.54) is 58.2 Å². The molecule has 21 heavy (non-hydrogen) atoms. The van der Waals surface area contributed by atoms with E-state index in [4.69, 9.17) is 5.73 Å². The van der Waals surface area contributed by atoms with Crippen molar-refractivity contribution in [2.24, 2.45) is 28.5 Å². The number of hydrogen-bond acceptors (Lipinski definition) is 2. The Morgan fingerprint density at radius 1 is 1.19 bits per heavy atom. The number of nitrogens with two attached hydrogens (primary N) is 1. The molecule has 2 rings (SSSR count). The second-order valence-corrected chi connectivity index (χ2v) is 7.37. The van der Waals surface area contributed by atoms with Crippen LogP contribution in [0.1, 0.15) is 52.4 Å². The third-order valence-electron chi connectivity index (χ3n) is 5.05. The molecule has 0 unspecified atom stereocenters. The Morgan fingerprint density at radius 3 is 2.48 bits per heavy atom.